The number of thioether (sulfide) groups is 1. The van der Waals surface area contributed by atoms with Gasteiger partial charge in [0.25, 0.3) is 5.56 Å². The summed E-state index contributed by atoms with van der Waals surface area (Å²) in [6, 6.07) is 0. The van der Waals surface area contributed by atoms with Crippen molar-refractivity contribution in [3.05, 3.63) is 27.4 Å². The van der Waals surface area contributed by atoms with Crippen LogP contribution in [0.5, 0.6) is 0 Å². The van der Waals surface area contributed by atoms with E-state index in [9.17, 15) is 4.79 Å². The van der Waals surface area contributed by atoms with Crippen LogP contribution in [0, 0.1) is 5.92 Å². The molecule has 2 aliphatic rings. The molecule has 1 fully saturated rings. The second-order valence-corrected chi connectivity index (χ2v) is 5.06. The van der Waals surface area contributed by atoms with E-state index in [0.717, 1.165) is 40.9 Å². The molecule has 0 unspecified atom stereocenters. The van der Waals surface area contributed by atoms with Gasteiger partial charge in [0.15, 0.2) is 0 Å². The third kappa shape index (κ3) is 1.47. The second-order valence-electron chi connectivity index (χ2n) is 4.08. The number of hydrogen-bond donors (Lipinski definition) is 1. The summed E-state index contributed by atoms with van der Waals surface area (Å²) in [5.41, 5.74) is 2.01. The Labute approximate surface area is 86.3 Å². The third-order valence-corrected chi connectivity index (χ3v) is 3.78. The Morgan fingerprint density at radius 2 is 2.29 bits per heavy atom. The number of fused-ring (bicyclic) bond motifs is 1. The quantitative estimate of drug-likeness (QED) is 0.800. The van der Waals surface area contributed by atoms with E-state index in [1.165, 1.54) is 12.8 Å². The van der Waals surface area contributed by atoms with E-state index >= 15 is 0 Å². The summed E-state index contributed by atoms with van der Waals surface area (Å²) < 4.78 is 0. The molecule has 3 nitrogen and oxygen atoms in total. The molecule has 3 rings (SSSR count). The molecule has 0 aromatic carbocycles. The lowest BCUT2D eigenvalue weighted by atomic mass is 10.2. The van der Waals surface area contributed by atoms with Crippen molar-refractivity contribution in [1.82, 2.24) is 9.97 Å². The van der Waals surface area contributed by atoms with Gasteiger partial charge in [-0.25, -0.2) is 4.98 Å². The Kier molecular flexibility index (Phi) is 1.90. The lowest BCUT2D eigenvalue weighted by Crippen LogP contribution is -2.17. The van der Waals surface area contributed by atoms with Gasteiger partial charge in [0.2, 0.25) is 0 Å². The number of H-pyrrole nitrogens is 1. The van der Waals surface area contributed by atoms with Crippen molar-refractivity contribution in [1.29, 1.82) is 0 Å². The van der Waals surface area contributed by atoms with Crippen LogP contribution >= 0.6 is 11.8 Å². The maximum Gasteiger partial charge on any atom is 0.255 e. The summed E-state index contributed by atoms with van der Waals surface area (Å²) in [7, 11) is 0. The van der Waals surface area contributed by atoms with Gasteiger partial charge in [0.05, 0.1) is 5.69 Å². The van der Waals surface area contributed by atoms with E-state index in [1.807, 2.05) is 0 Å². The van der Waals surface area contributed by atoms with Crippen LogP contribution in [0.4, 0.5) is 0 Å². The van der Waals surface area contributed by atoms with Gasteiger partial charge >= 0.3 is 0 Å². The normalized spacial score (nSPS) is 19.7. The molecule has 0 saturated heterocycles. The van der Waals surface area contributed by atoms with E-state index in [1.54, 1.807) is 11.8 Å². The average Bonchev–Trinajstić information content (AvgIpc) is 2.82. The van der Waals surface area contributed by atoms with E-state index < -0.39 is 0 Å². The molecule has 4 heteroatoms. The lowest BCUT2D eigenvalue weighted by Gasteiger charge is -2.01. The highest BCUT2D eigenvalue weighted by atomic mass is 32.2. The molecule has 1 N–H and O–H groups in total. The van der Waals surface area contributed by atoms with Crippen LogP contribution in [0.25, 0.3) is 0 Å². The average molecular weight is 208 g/mol. The number of nitrogens with zero attached hydrogens (tertiary/aromatic N) is 1. The van der Waals surface area contributed by atoms with Gasteiger partial charge in [-0.1, -0.05) is 0 Å². The van der Waals surface area contributed by atoms with Gasteiger partial charge in [0, 0.05) is 23.5 Å². The molecule has 0 spiro atoms. The Balaban J connectivity index is 1.98. The van der Waals surface area contributed by atoms with E-state index in [2.05, 4.69) is 9.97 Å². The van der Waals surface area contributed by atoms with Crippen LogP contribution in [0.2, 0.25) is 0 Å². The standard InChI is InChI=1S/C10H12N2OS/c13-10-7-4-14-5-8(7)11-9(12-10)3-6-1-2-6/h6H,1-5H2,(H,11,12,13). The molecule has 1 aromatic heterocycles. The minimum atomic E-state index is 0.0932. The highest BCUT2D eigenvalue weighted by Gasteiger charge is 2.24. The molecular weight excluding hydrogens is 196 g/mol. The number of aromatic amines is 1. The van der Waals surface area contributed by atoms with Crippen molar-refractivity contribution in [3.63, 3.8) is 0 Å². The van der Waals surface area contributed by atoms with Crippen LogP contribution in [0.3, 0.4) is 0 Å². The second kappa shape index (κ2) is 3.12. The van der Waals surface area contributed by atoms with Gasteiger partial charge in [-0.05, 0) is 18.8 Å². The number of hydrogen-bond acceptors (Lipinski definition) is 3. The first kappa shape index (κ1) is 8.53. The fourth-order valence-electron chi connectivity index (χ4n) is 1.81. The highest BCUT2D eigenvalue weighted by Crippen LogP contribution is 2.32. The summed E-state index contributed by atoms with van der Waals surface area (Å²) >= 11 is 1.78. The molecular formula is C10H12N2OS. The predicted molar refractivity (Wildman–Crippen MR) is 56.3 cm³/mol. The monoisotopic (exact) mass is 208 g/mol. The maximum atomic E-state index is 11.6. The van der Waals surface area contributed by atoms with Crippen molar-refractivity contribution < 1.29 is 0 Å². The van der Waals surface area contributed by atoms with Crippen LogP contribution in [0.1, 0.15) is 29.9 Å². The molecule has 0 amide bonds. The smallest absolute Gasteiger partial charge is 0.255 e. The van der Waals surface area contributed by atoms with Crippen LogP contribution in [-0.4, -0.2) is 9.97 Å². The van der Waals surface area contributed by atoms with Gasteiger partial charge in [-0.2, -0.15) is 11.8 Å². The Hall–Kier alpha value is -0.770. The number of nitrogens with one attached hydrogen (secondary N) is 1. The number of rotatable bonds is 2. The zero-order valence-corrected chi connectivity index (χ0v) is 8.69. The molecule has 0 radical (unpaired) electrons. The summed E-state index contributed by atoms with van der Waals surface area (Å²) in [6.45, 7) is 0. The van der Waals surface area contributed by atoms with Crippen molar-refractivity contribution in [2.24, 2.45) is 5.92 Å². The van der Waals surface area contributed by atoms with Gasteiger partial charge in [-0.3, -0.25) is 4.79 Å². The van der Waals surface area contributed by atoms with Gasteiger partial charge < -0.3 is 4.98 Å². The first-order valence-electron chi connectivity index (χ1n) is 5.01. The molecule has 2 heterocycles. The van der Waals surface area contributed by atoms with Crippen molar-refractivity contribution in [2.75, 3.05) is 0 Å². The van der Waals surface area contributed by atoms with Crippen LogP contribution < -0.4 is 5.56 Å². The fourth-order valence-corrected chi connectivity index (χ4v) is 2.84. The van der Waals surface area contributed by atoms with Crippen LogP contribution in [0.15, 0.2) is 4.79 Å². The molecule has 0 bridgehead atoms. The fraction of sp³-hybridized carbons (Fsp3) is 0.600. The number of aromatic nitrogens is 2. The molecule has 0 atom stereocenters. The van der Waals surface area contributed by atoms with Gasteiger partial charge in [0.1, 0.15) is 5.82 Å². The largest absolute Gasteiger partial charge is 0.310 e. The topological polar surface area (TPSA) is 45.8 Å². The summed E-state index contributed by atoms with van der Waals surface area (Å²) in [5, 5.41) is 0. The van der Waals surface area contributed by atoms with Crippen molar-refractivity contribution in [2.45, 2.75) is 30.8 Å². The Morgan fingerprint density at radius 1 is 1.43 bits per heavy atom. The maximum absolute atomic E-state index is 11.6. The first-order chi connectivity index (χ1) is 6.83. The SMILES string of the molecule is O=c1[nH]c(CC2CC2)nc2c1CSC2. The molecule has 1 aromatic rings. The van der Waals surface area contributed by atoms with E-state index in [4.69, 9.17) is 0 Å². The predicted octanol–water partition coefficient (Wildman–Crippen LogP) is 1.47. The summed E-state index contributed by atoms with van der Waals surface area (Å²) in [6.07, 6.45) is 3.57. The first-order valence-corrected chi connectivity index (χ1v) is 6.17. The summed E-state index contributed by atoms with van der Waals surface area (Å²) in [5.74, 6) is 3.43. The minimum absolute atomic E-state index is 0.0932. The van der Waals surface area contributed by atoms with Crippen LogP contribution in [-0.2, 0) is 17.9 Å². The Morgan fingerprint density at radius 3 is 3.07 bits per heavy atom. The minimum Gasteiger partial charge on any atom is -0.310 e. The van der Waals surface area contributed by atoms with Crippen molar-refractivity contribution >= 4 is 11.8 Å². The third-order valence-electron chi connectivity index (χ3n) is 2.81. The zero-order valence-electron chi connectivity index (χ0n) is 7.88. The molecule has 74 valence electrons. The van der Waals surface area contributed by atoms with Crippen molar-refractivity contribution in [3.8, 4) is 0 Å². The zero-order chi connectivity index (χ0) is 9.54. The molecule has 1 aliphatic heterocycles. The van der Waals surface area contributed by atoms with Gasteiger partial charge in [-0.15, -0.1) is 0 Å². The highest BCUT2D eigenvalue weighted by molar-refractivity contribution is 7.98. The summed E-state index contributed by atoms with van der Waals surface area (Å²) in [4.78, 5) is 19.0. The molecule has 14 heavy (non-hydrogen) atoms. The van der Waals surface area contributed by atoms with E-state index in [-0.39, 0.29) is 5.56 Å². The molecule has 1 saturated carbocycles. The lowest BCUT2D eigenvalue weighted by molar-refractivity contribution is 0.753. The van der Waals surface area contributed by atoms with E-state index in [0.29, 0.717) is 0 Å². The Bertz CT molecular complexity index is 423. The molecule has 1 aliphatic carbocycles.